The monoisotopic (exact) mass is 136 g/mol. The fourth-order valence-corrected chi connectivity index (χ4v) is 1.25. The summed E-state index contributed by atoms with van der Waals surface area (Å²) in [7, 11) is -0.950. The smallest absolute Gasteiger partial charge is 0.00258 e. The molecule has 0 fully saturated rings. The molecule has 0 spiro atoms. The van der Waals surface area contributed by atoms with E-state index >= 15 is 0 Å². The van der Waals surface area contributed by atoms with Crippen molar-refractivity contribution in [1.29, 1.82) is 0 Å². The zero-order valence-corrected chi connectivity index (χ0v) is 6.56. The summed E-state index contributed by atoms with van der Waals surface area (Å²) in [5.41, 5.74) is 0. The van der Waals surface area contributed by atoms with E-state index in [1.807, 2.05) is 6.08 Å². The van der Waals surface area contributed by atoms with Crippen LogP contribution in [0, 0.1) is 0 Å². The predicted molar refractivity (Wildman–Crippen MR) is 43.0 cm³/mol. The second-order valence-corrected chi connectivity index (χ2v) is 8.52. The van der Waals surface area contributed by atoms with Crippen molar-refractivity contribution < 1.29 is 0 Å². The SMILES string of the molecule is C=CC[SH](C)(C)=S. The third-order valence-corrected chi connectivity index (χ3v) is 2.15. The Morgan fingerprint density at radius 2 is 2.14 bits per heavy atom. The van der Waals surface area contributed by atoms with Gasteiger partial charge in [0.2, 0.25) is 0 Å². The quantitative estimate of drug-likeness (QED) is 0.432. The van der Waals surface area contributed by atoms with Gasteiger partial charge in [-0.15, -0.1) is 6.58 Å². The second-order valence-electron chi connectivity index (χ2n) is 2.05. The van der Waals surface area contributed by atoms with Crippen LogP contribution in [0.2, 0.25) is 0 Å². The van der Waals surface area contributed by atoms with Gasteiger partial charge in [-0.2, -0.15) is 0 Å². The fraction of sp³-hybridized carbons (Fsp3) is 0.600. The highest BCUT2D eigenvalue weighted by atomic mass is 32.8. The van der Waals surface area contributed by atoms with Crippen LogP contribution in [0.1, 0.15) is 0 Å². The topological polar surface area (TPSA) is 0 Å². The average Bonchev–Trinajstić information content (AvgIpc) is 1.30. The second kappa shape index (κ2) is 2.58. The van der Waals surface area contributed by atoms with Gasteiger partial charge in [0, 0.05) is 0 Å². The van der Waals surface area contributed by atoms with E-state index in [1.54, 1.807) is 0 Å². The van der Waals surface area contributed by atoms with E-state index in [1.165, 1.54) is 0 Å². The van der Waals surface area contributed by atoms with Gasteiger partial charge in [0.15, 0.2) is 0 Å². The van der Waals surface area contributed by atoms with Crippen LogP contribution in [0.4, 0.5) is 0 Å². The molecule has 0 aliphatic rings. The van der Waals surface area contributed by atoms with Gasteiger partial charge in [0.25, 0.3) is 0 Å². The lowest BCUT2D eigenvalue weighted by molar-refractivity contribution is 1.78. The van der Waals surface area contributed by atoms with E-state index in [0.29, 0.717) is 0 Å². The first-order valence-corrected chi connectivity index (χ1v) is 6.09. The molecule has 7 heavy (non-hydrogen) atoms. The summed E-state index contributed by atoms with van der Waals surface area (Å²) in [5.74, 6) is 1.03. The van der Waals surface area contributed by atoms with Crippen LogP contribution in [0.15, 0.2) is 12.7 Å². The van der Waals surface area contributed by atoms with Crippen LogP contribution in [0.3, 0.4) is 0 Å². The zero-order chi connectivity index (χ0) is 5.91. The average molecular weight is 136 g/mol. The lowest BCUT2D eigenvalue weighted by atomic mass is 10.8. The Morgan fingerprint density at radius 1 is 1.71 bits per heavy atom. The molecule has 0 aromatic carbocycles. The largest absolute Gasteiger partial charge is 0.208 e. The van der Waals surface area contributed by atoms with Crippen molar-refractivity contribution >= 4 is 19.8 Å². The zero-order valence-electron chi connectivity index (χ0n) is 4.85. The summed E-state index contributed by atoms with van der Waals surface area (Å²) in [5, 5.41) is 0. The summed E-state index contributed by atoms with van der Waals surface area (Å²) in [4.78, 5) is 0. The van der Waals surface area contributed by atoms with E-state index in [-0.39, 0.29) is 0 Å². The molecule has 0 bridgehead atoms. The van der Waals surface area contributed by atoms with Gasteiger partial charge in [-0.3, -0.25) is 0 Å². The van der Waals surface area contributed by atoms with Crippen molar-refractivity contribution in [2.45, 2.75) is 0 Å². The molecule has 0 radical (unpaired) electrons. The van der Waals surface area contributed by atoms with Gasteiger partial charge in [-0.05, 0) is 18.3 Å². The Morgan fingerprint density at radius 3 is 2.14 bits per heavy atom. The van der Waals surface area contributed by atoms with Crippen molar-refractivity contribution in [2.75, 3.05) is 18.3 Å². The van der Waals surface area contributed by atoms with Gasteiger partial charge in [-0.1, -0.05) is 17.3 Å². The van der Waals surface area contributed by atoms with Crippen LogP contribution in [-0.2, 0) is 19.8 Å². The van der Waals surface area contributed by atoms with E-state index in [2.05, 4.69) is 19.1 Å². The molecule has 0 aliphatic carbocycles. The molecule has 0 aromatic heterocycles. The normalized spacial score (nSPS) is 13.4. The highest BCUT2D eigenvalue weighted by molar-refractivity contribution is 8.39. The number of hydrogen-bond acceptors (Lipinski definition) is 1. The van der Waals surface area contributed by atoms with Gasteiger partial charge in [0.05, 0.1) is 0 Å². The van der Waals surface area contributed by atoms with Crippen molar-refractivity contribution in [1.82, 2.24) is 0 Å². The minimum atomic E-state index is -0.950. The van der Waals surface area contributed by atoms with Crippen LogP contribution >= 0.6 is 0 Å². The Labute approximate surface area is 51.2 Å². The van der Waals surface area contributed by atoms with Crippen molar-refractivity contribution in [3.05, 3.63) is 12.7 Å². The molecule has 0 amide bonds. The Bertz CT molecular complexity index is 98.6. The maximum atomic E-state index is 5.12. The standard InChI is InChI=1S/C5H12S2/c1-4-5-7(2,3)6/h4,7H,1,5H2,2-3H3. The van der Waals surface area contributed by atoms with Crippen LogP contribution in [0.25, 0.3) is 0 Å². The third-order valence-electron chi connectivity index (χ3n) is 0.569. The lowest BCUT2D eigenvalue weighted by Crippen LogP contribution is -2.06. The van der Waals surface area contributed by atoms with Crippen LogP contribution in [0.5, 0.6) is 0 Å². The van der Waals surface area contributed by atoms with Gasteiger partial charge < -0.3 is 0 Å². The molecular weight excluding hydrogens is 124 g/mol. The number of hydrogen-bond donors (Lipinski definition) is 1. The highest BCUT2D eigenvalue weighted by Gasteiger charge is 1.88. The summed E-state index contributed by atoms with van der Waals surface area (Å²) >= 11 is 5.12. The van der Waals surface area contributed by atoms with E-state index < -0.39 is 8.59 Å². The minimum absolute atomic E-state index is 0.950. The van der Waals surface area contributed by atoms with Crippen LogP contribution in [-0.4, -0.2) is 18.3 Å². The summed E-state index contributed by atoms with van der Waals surface area (Å²) in [6.07, 6.45) is 6.16. The van der Waals surface area contributed by atoms with E-state index in [4.69, 9.17) is 11.2 Å². The molecule has 0 aromatic rings. The van der Waals surface area contributed by atoms with E-state index in [9.17, 15) is 0 Å². The van der Waals surface area contributed by atoms with Gasteiger partial charge >= 0.3 is 0 Å². The summed E-state index contributed by atoms with van der Waals surface area (Å²) in [6, 6.07) is 0. The minimum Gasteiger partial charge on any atom is -0.208 e. The Balaban J connectivity index is 3.57. The molecule has 0 heterocycles. The molecule has 0 unspecified atom stereocenters. The van der Waals surface area contributed by atoms with Gasteiger partial charge in [0.1, 0.15) is 0 Å². The molecule has 0 rings (SSSR count). The Kier molecular flexibility index (Phi) is 2.69. The molecule has 0 saturated carbocycles. The first kappa shape index (κ1) is 7.31. The number of rotatable bonds is 2. The first-order valence-electron chi connectivity index (χ1n) is 2.21. The van der Waals surface area contributed by atoms with Crippen molar-refractivity contribution in [2.24, 2.45) is 0 Å². The van der Waals surface area contributed by atoms with Crippen molar-refractivity contribution in [3.63, 3.8) is 0 Å². The Hall–Kier alpha value is 0.310. The molecule has 0 aliphatic heterocycles. The van der Waals surface area contributed by atoms with Crippen LogP contribution < -0.4 is 0 Å². The molecular formula is C5H12S2. The summed E-state index contributed by atoms with van der Waals surface area (Å²) < 4.78 is 0. The molecule has 44 valence electrons. The maximum absolute atomic E-state index is 5.12. The van der Waals surface area contributed by atoms with Crippen molar-refractivity contribution in [3.8, 4) is 0 Å². The van der Waals surface area contributed by atoms with Gasteiger partial charge in [-0.25, -0.2) is 8.59 Å². The third kappa shape index (κ3) is 6.31. The molecule has 0 nitrogen and oxygen atoms in total. The van der Waals surface area contributed by atoms with E-state index in [0.717, 1.165) is 5.75 Å². The molecule has 0 atom stereocenters. The summed E-state index contributed by atoms with van der Waals surface area (Å²) in [6.45, 7) is 3.61. The molecule has 0 saturated heterocycles. The molecule has 2 heteroatoms. The molecule has 0 N–H and O–H groups in total. The first-order chi connectivity index (χ1) is 3.06. The predicted octanol–water partition coefficient (Wildman–Crippen LogP) is 0.780. The lowest BCUT2D eigenvalue weighted by Gasteiger charge is -2.09. The highest BCUT2D eigenvalue weighted by Crippen LogP contribution is 1.91. The number of thiol groups is 1. The fourth-order valence-electron chi connectivity index (χ4n) is 0.311. The maximum Gasteiger partial charge on any atom is -0.00258 e.